The van der Waals surface area contributed by atoms with Crippen LogP contribution in [0.5, 0.6) is 0 Å². The summed E-state index contributed by atoms with van der Waals surface area (Å²) in [6.45, 7) is 4.78. The first kappa shape index (κ1) is 21.9. The van der Waals surface area contributed by atoms with Gasteiger partial charge in [-0.05, 0) is 20.8 Å². The number of aryl methyl sites for hydroxylation is 1. The summed E-state index contributed by atoms with van der Waals surface area (Å²) in [7, 11) is -3.45. The average Bonchev–Trinajstić information content (AvgIpc) is 2.87. The fourth-order valence-corrected chi connectivity index (χ4v) is 3.97. The van der Waals surface area contributed by atoms with E-state index in [2.05, 4.69) is 0 Å². The van der Waals surface area contributed by atoms with Gasteiger partial charge in [0.05, 0.1) is 19.8 Å². The minimum atomic E-state index is -3.45. The number of halogens is 1. The molecule has 154 valence electrons. The smallest absolute Gasteiger partial charge is 0.356 e. The Balaban J connectivity index is 2.05. The maximum absolute atomic E-state index is 14.4. The first-order valence-corrected chi connectivity index (χ1v) is 10.2. The number of ether oxygens (including phenoxy) is 2. The van der Waals surface area contributed by atoms with Crippen molar-refractivity contribution in [3.05, 3.63) is 32.6 Å². The van der Waals surface area contributed by atoms with Gasteiger partial charge in [-0.25, -0.2) is 9.18 Å². The second-order valence-corrected chi connectivity index (χ2v) is 7.92. The number of aliphatic hydroxyl groups is 1. The molecule has 0 saturated carbocycles. The second-order valence-electron chi connectivity index (χ2n) is 5.93. The number of nitrogens with zero attached hydrogens (tertiary/aromatic N) is 1. The third-order valence-electron chi connectivity index (χ3n) is 3.90. The number of alkyl halides is 1. The Kier molecular flexibility index (Phi) is 7.49. The molecule has 2 N–H and O–H groups in total. The zero-order valence-electron chi connectivity index (χ0n) is 15.3. The maximum atomic E-state index is 14.4. The topological polar surface area (TPSA) is 129 Å². The summed E-state index contributed by atoms with van der Waals surface area (Å²) >= 11 is 0. The van der Waals surface area contributed by atoms with Gasteiger partial charge in [0.15, 0.2) is 12.4 Å². The highest BCUT2D eigenvalue weighted by atomic mass is 31.2. The molecular formula is C15H24FN2O8P. The van der Waals surface area contributed by atoms with Crippen molar-refractivity contribution in [3.8, 4) is 0 Å². The van der Waals surface area contributed by atoms with E-state index in [1.165, 1.54) is 6.92 Å². The van der Waals surface area contributed by atoms with Crippen molar-refractivity contribution in [2.75, 3.05) is 26.2 Å². The predicted molar refractivity (Wildman–Crippen MR) is 92.6 cm³/mol. The summed E-state index contributed by atoms with van der Waals surface area (Å²) < 4.78 is 48.4. The SMILES string of the molecule is CCOP(=O)(COC[C@@H]1O[C@H](n2cc(C)c(=O)[nH]c2=O)[C@H](F)[C@H]1O)OCC. The van der Waals surface area contributed by atoms with E-state index in [0.717, 1.165) is 10.8 Å². The fraction of sp³-hybridized carbons (Fsp3) is 0.733. The van der Waals surface area contributed by atoms with Gasteiger partial charge in [0.2, 0.25) is 0 Å². The molecule has 0 amide bonds. The Bertz CT molecular complexity index is 787. The highest BCUT2D eigenvalue weighted by Crippen LogP contribution is 2.48. The zero-order chi connectivity index (χ0) is 20.2. The number of aromatic nitrogens is 2. The van der Waals surface area contributed by atoms with Crippen molar-refractivity contribution >= 4 is 7.60 Å². The summed E-state index contributed by atoms with van der Waals surface area (Å²) in [6.07, 6.45) is -5.27. The van der Waals surface area contributed by atoms with Crippen molar-refractivity contribution < 1.29 is 32.6 Å². The number of hydrogen-bond donors (Lipinski definition) is 2. The first-order chi connectivity index (χ1) is 12.7. The number of H-pyrrole nitrogens is 1. The van der Waals surface area contributed by atoms with Crippen LogP contribution in [-0.4, -0.2) is 59.2 Å². The molecule has 0 aromatic carbocycles. The summed E-state index contributed by atoms with van der Waals surface area (Å²) in [6, 6.07) is 0. The molecule has 0 spiro atoms. The van der Waals surface area contributed by atoms with Crippen LogP contribution in [0, 0.1) is 6.92 Å². The fourth-order valence-electron chi connectivity index (χ4n) is 2.63. The predicted octanol–water partition coefficient (Wildman–Crippen LogP) is 0.682. The molecule has 0 bridgehead atoms. The van der Waals surface area contributed by atoms with Gasteiger partial charge in [-0.15, -0.1) is 0 Å². The van der Waals surface area contributed by atoms with Crippen molar-refractivity contribution in [1.82, 2.24) is 9.55 Å². The maximum Gasteiger partial charge on any atom is 0.356 e. The van der Waals surface area contributed by atoms with Crippen molar-refractivity contribution in [1.29, 1.82) is 0 Å². The Morgan fingerprint density at radius 1 is 1.33 bits per heavy atom. The molecule has 1 aromatic heterocycles. The monoisotopic (exact) mass is 410 g/mol. The second kappa shape index (κ2) is 9.22. The third-order valence-corrected chi connectivity index (χ3v) is 5.70. The lowest BCUT2D eigenvalue weighted by Crippen LogP contribution is -2.36. The summed E-state index contributed by atoms with van der Waals surface area (Å²) in [4.78, 5) is 25.4. The molecule has 2 heterocycles. The molecule has 0 unspecified atom stereocenters. The van der Waals surface area contributed by atoms with Crippen LogP contribution >= 0.6 is 7.60 Å². The molecule has 2 rings (SSSR count). The summed E-state index contributed by atoms with van der Waals surface area (Å²) in [5.74, 6) is 0. The molecule has 1 saturated heterocycles. The molecule has 0 radical (unpaired) electrons. The Labute approximate surface area is 154 Å². The van der Waals surface area contributed by atoms with Crippen LogP contribution in [-0.2, 0) is 23.1 Å². The van der Waals surface area contributed by atoms with Gasteiger partial charge in [0.1, 0.15) is 18.6 Å². The highest BCUT2D eigenvalue weighted by molar-refractivity contribution is 7.53. The number of hydrogen-bond acceptors (Lipinski definition) is 8. The van der Waals surface area contributed by atoms with Crippen LogP contribution in [0.25, 0.3) is 0 Å². The summed E-state index contributed by atoms with van der Waals surface area (Å²) in [5, 5.41) is 10.0. The van der Waals surface area contributed by atoms with Gasteiger partial charge in [-0.2, -0.15) is 0 Å². The van der Waals surface area contributed by atoms with Crippen LogP contribution in [0.2, 0.25) is 0 Å². The van der Waals surface area contributed by atoms with Crippen LogP contribution < -0.4 is 11.2 Å². The lowest BCUT2D eigenvalue weighted by atomic mass is 10.1. The van der Waals surface area contributed by atoms with Crippen LogP contribution in [0.4, 0.5) is 4.39 Å². The molecule has 0 aliphatic carbocycles. The highest BCUT2D eigenvalue weighted by Gasteiger charge is 2.46. The Hall–Kier alpha value is -1.36. The van der Waals surface area contributed by atoms with Gasteiger partial charge in [0, 0.05) is 11.8 Å². The Morgan fingerprint density at radius 2 is 1.96 bits per heavy atom. The lowest BCUT2D eigenvalue weighted by molar-refractivity contribution is -0.0614. The van der Waals surface area contributed by atoms with Gasteiger partial charge < -0.3 is 23.6 Å². The standard InChI is InChI=1S/C15H24FN2O8P/c1-4-24-27(22,25-5-2)8-23-7-10-12(19)11(16)14(26-10)18-6-9(3)13(20)17-15(18)21/h6,10-12,14,19H,4-5,7-8H2,1-3H3,(H,17,20,21)/t10-,11+,12-,14-/m0/s1. The van der Waals surface area contributed by atoms with Crippen LogP contribution in [0.3, 0.4) is 0 Å². The van der Waals surface area contributed by atoms with Crippen molar-refractivity contribution in [3.63, 3.8) is 0 Å². The van der Waals surface area contributed by atoms with E-state index in [0.29, 0.717) is 0 Å². The molecule has 4 atom stereocenters. The van der Waals surface area contributed by atoms with Gasteiger partial charge in [-0.1, -0.05) is 0 Å². The number of nitrogens with one attached hydrogen (secondary N) is 1. The largest absolute Gasteiger partial charge is 0.387 e. The first-order valence-electron chi connectivity index (χ1n) is 8.48. The minimum absolute atomic E-state index is 0.159. The van der Waals surface area contributed by atoms with E-state index < -0.39 is 43.5 Å². The minimum Gasteiger partial charge on any atom is -0.387 e. The molecule has 1 aliphatic rings. The molecule has 27 heavy (non-hydrogen) atoms. The molecule has 10 nitrogen and oxygen atoms in total. The number of aromatic amines is 1. The van der Waals surface area contributed by atoms with Gasteiger partial charge in [0.25, 0.3) is 5.56 Å². The van der Waals surface area contributed by atoms with Crippen molar-refractivity contribution in [2.24, 2.45) is 0 Å². The molecular weight excluding hydrogens is 386 g/mol. The lowest BCUT2D eigenvalue weighted by Gasteiger charge is -2.19. The normalized spacial score (nSPS) is 25.8. The molecule has 12 heteroatoms. The summed E-state index contributed by atoms with van der Waals surface area (Å²) in [5.41, 5.74) is -1.26. The van der Waals surface area contributed by atoms with E-state index in [4.69, 9.17) is 18.5 Å². The molecule has 1 aromatic rings. The van der Waals surface area contributed by atoms with E-state index in [9.17, 15) is 23.7 Å². The van der Waals surface area contributed by atoms with E-state index in [-0.39, 0.29) is 31.7 Å². The third kappa shape index (κ3) is 5.13. The van der Waals surface area contributed by atoms with E-state index in [1.54, 1.807) is 13.8 Å². The van der Waals surface area contributed by atoms with Crippen LogP contribution in [0.15, 0.2) is 15.8 Å². The van der Waals surface area contributed by atoms with E-state index in [1.807, 2.05) is 4.98 Å². The van der Waals surface area contributed by atoms with Crippen LogP contribution in [0.1, 0.15) is 25.6 Å². The molecule has 1 aliphatic heterocycles. The number of aliphatic hydroxyl groups excluding tert-OH is 1. The van der Waals surface area contributed by atoms with Gasteiger partial charge >= 0.3 is 13.3 Å². The Morgan fingerprint density at radius 3 is 2.56 bits per heavy atom. The molecule has 1 fully saturated rings. The zero-order valence-corrected chi connectivity index (χ0v) is 16.2. The quantitative estimate of drug-likeness (QED) is 0.569. The number of rotatable bonds is 9. The van der Waals surface area contributed by atoms with Crippen molar-refractivity contribution in [2.45, 2.75) is 45.4 Å². The average molecular weight is 410 g/mol. The van der Waals surface area contributed by atoms with Gasteiger partial charge in [-0.3, -0.25) is 18.9 Å². The van der Waals surface area contributed by atoms with E-state index >= 15 is 0 Å².